The third-order valence-electron chi connectivity index (χ3n) is 5.91. The molecular formula is C23H25N5O7P+. The van der Waals surface area contributed by atoms with Gasteiger partial charge in [0.15, 0.2) is 17.7 Å². The Bertz CT molecular complexity index is 1320. The van der Waals surface area contributed by atoms with Crippen molar-refractivity contribution in [2.45, 2.75) is 44.2 Å². The average molecular weight is 514 g/mol. The number of aromatic nitrogens is 3. The standard InChI is InChI=1S/C23H25N5O7P/c1-14(2)21(29)33-19-17(11-32-36(31)35-15-7-5-4-6-8-15)34-23(12-24,22(19,3)30)18-10-9-16-20(25)26-13-27-28(16)18/h4-10,13-14,17,19,30H,11H2,1-3H3,(H2,25,26,27)/q+1/t17-,19-,22-,23+/m1/s1. The van der Waals surface area contributed by atoms with Gasteiger partial charge in [-0.15, -0.1) is 4.52 Å². The number of rotatable bonds is 8. The summed E-state index contributed by atoms with van der Waals surface area (Å²) >= 11 is 0. The minimum Gasteiger partial charge on any atom is -0.456 e. The van der Waals surface area contributed by atoms with E-state index in [-0.39, 0.29) is 11.5 Å². The number of hydrogen-bond acceptors (Lipinski definition) is 11. The van der Waals surface area contributed by atoms with Crippen LogP contribution in [0.5, 0.6) is 5.75 Å². The molecule has 188 valence electrons. The predicted octanol–water partition coefficient (Wildman–Crippen LogP) is 2.50. The van der Waals surface area contributed by atoms with E-state index in [1.54, 1.807) is 50.2 Å². The van der Waals surface area contributed by atoms with E-state index in [0.717, 1.165) is 0 Å². The highest BCUT2D eigenvalue weighted by Gasteiger charge is 2.68. The van der Waals surface area contributed by atoms with Crippen LogP contribution in [-0.4, -0.2) is 50.1 Å². The van der Waals surface area contributed by atoms with Crippen molar-refractivity contribution in [3.05, 3.63) is 54.5 Å². The van der Waals surface area contributed by atoms with Crippen molar-refractivity contribution in [1.29, 1.82) is 5.26 Å². The lowest BCUT2D eigenvalue weighted by molar-refractivity contribution is -0.168. The summed E-state index contributed by atoms with van der Waals surface area (Å²) in [6.07, 6.45) is -1.36. The molecule has 0 amide bonds. The molecular weight excluding hydrogens is 489 g/mol. The summed E-state index contributed by atoms with van der Waals surface area (Å²) in [6, 6.07) is 13.5. The molecule has 1 unspecified atom stereocenters. The molecule has 0 aliphatic carbocycles. The second-order valence-electron chi connectivity index (χ2n) is 8.69. The number of carbonyl (C=O) groups excluding carboxylic acids is 1. The van der Waals surface area contributed by atoms with Gasteiger partial charge in [-0.2, -0.15) is 10.4 Å². The maximum absolute atomic E-state index is 12.5. The first-order chi connectivity index (χ1) is 17.1. The Morgan fingerprint density at radius 1 is 1.33 bits per heavy atom. The number of nitrogens with zero attached hydrogens (tertiary/aromatic N) is 4. The number of ether oxygens (including phenoxy) is 2. The van der Waals surface area contributed by atoms with Gasteiger partial charge >= 0.3 is 14.2 Å². The Labute approximate surface area is 207 Å². The van der Waals surface area contributed by atoms with Crippen LogP contribution in [0.15, 0.2) is 48.8 Å². The molecule has 0 spiro atoms. The fraction of sp³-hybridized carbons (Fsp3) is 0.391. The molecule has 3 N–H and O–H groups in total. The number of fused-ring (bicyclic) bond motifs is 1. The average Bonchev–Trinajstić information content (AvgIpc) is 3.37. The molecule has 5 atom stereocenters. The van der Waals surface area contributed by atoms with Crippen LogP contribution in [0, 0.1) is 17.2 Å². The van der Waals surface area contributed by atoms with Crippen molar-refractivity contribution >= 4 is 25.6 Å². The van der Waals surface area contributed by atoms with Gasteiger partial charge in [0, 0.05) is 4.57 Å². The van der Waals surface area contributed by atoms with Gasteiger partial charge in [0.25, 0.3) is 0 Å². The van der Waals surface area contributed by atoms with Crippen LogP contribution < -0.4 is 10.3 Å². The molecule has 3 heterocycles. The number of para-hydroxylation sites is 1. The van der Waals surface area contributed by atoms with E-state index in [2.05, 4.69) is 10.1 Å². The molecule has 1 saturated heterocycles. The predicted molar refractivity (Wildman–Crippen MR) is 126 cm³/mol. The van der Waals surface area contributed by atoms with Crippen molar-refractivity contribution in [3.8, 4) is 11.8 Å². The fourth-order valence-electron chi connectivity index (χ4n) is 4.01. The van der Waals surface area contributed by atoms with Crippen LogP contribution in [0.3, 0.4) is 0 Å². The molecule has 36 heavy (non-hydrogen) atoms. The first kappa shape index (κ1) is 25.5. The maximum Gasteiger partial charge on any atom is 0.750 e. The number of esters is 1. The molecule has 4 rings (SSSR count). The molecule has 0 radical (unpaired) electrons. The van der Waals surface area contributed by atoms with Crippen LogP contribution in [0.4, 0.5) is 5.82 Å². The van der Waals surface area contributed by atoms with Gasteiger partial charge in [-0.1, -0.05) is 32.0 Å². The third-order valence-corrected chi connectivity index (χ3v) is 6.63. The maximum atomic E-state index is 12.5. The van der Waals surface area contributed by atoms with Gasteiger partial charge in [-0.05, 0) is 31.2 Å². The molecule has 0 saturated carbocycles. The second kappa shape index (κ2) is 9.79. The monoisotopic (exact) mass is 514 g/mol. The van der Waals surface area contributed by atoms with Crippen LogP contribution in [0.25, 0.3) is 5.52 Å². The van der Waals surface area contributed by atoms with Gasteiger partial charge < -0.3 is 20.3 Å². The third kappa shape index (κ3) is 4.38. The molecule has 12 nitrogen and oxygen atoms in total. The highest BCUT2D eigenvalue weighted by Crippen LogP contribution is 2.49. The number of benzene rings is 1. The highest BCUT2D eigenvalue weighted by atomic mass is 31.1. The zero-order chi connectivity index (χ0) is 26.1. The number of nitrogens with two attached hydrogens (primary N) is 1. The normalized spacial score (nSPS) is 26.1. The Morgan fingerprint density at radius 3 is 2.72 bits per heavy atom. The molecule has 3 aromatic rings. The lowest BCUT2D eigenvalue weighted by Gasteiger charge is -2.34. The van der Waals surface area contributed by atoms with Crippen molar-refractivity contribution in [2.24, 2.45) is 5.92 Å². The van der Waals surface area contributed by atoms with Gasteiger partial charge in [0.2, 0.25) is 5.60 Å². The summed E-state index contributed by atoms with van der Waals surface area (Å²) in [5, 5.41) is 26.2. The summed E-state index contributed by atoms with van der Waals surface area (Å²) in [5.74, 6) is -0.679. The van der Waals surface area contributed by atoms with Crippen LogP contribution in [0.2, 0.25) is 0 Å². The zero-order valence-electron chi connectivity index (χ0n) is 19.8. The molecule has 1 aliphatic rings. The molecule has 1 aromatic carbocycles. The fourth-order valence-corrected chi connectivity index (χ4v) is 4.62. The Morgan fingerprint density at radius 2 is 2.06 bits per heavy atom. The smallest absolute Gasteiger partial charge is 0.456 e. The molecule has 13 heteroatoms. The number of hydrogen-bond donors (Lipinski definition) is 2. The van der Waals surface area contributed by atoms with E-state index >= 15 is 0 Å². The molecule has 0 bridgehead atoms. The van der Waals surface area contributed by atoms with Crippen LogP contribution >= 0.6 is 8.25 Å². The lowest BCUT2D eigenvalue weighted by atomic mass is 9.80. The molecule has 2 aromatic heterocycles. The van der Waals surface area contributed by atoms with Crippen molar-refractivity contribution in [1.82, 2.24) is 14.6 Å². The summed E-state index contributed by atoms with van der Waals surface area (Å²) in [7, 11) is -2.65. The van der Waals surface area contributed by atoms with Crippen molar-refractivity contribution < 1.29 is 33.0 Å². The minimum absolute atomic E-state index is 0.136. The number of nitrogen functional groups attached to an aromatic ring is 1. The number of anilines is 1. The van der Waals surface area contributed by atoms with E-state index < -0.39 is 50.2 Å². The number of aliphatic hydroxyl groups is 1. The quantitative estimate of drug-likeness (QED) is 0.334. The van der Waals surface area contributed by atoms with Gasteiger partial charge in [0.05, 0.1) is 11.6 Å². The summed E-state index contributed by atoms with van der Waals surface area (Å²) in [4.78, 5) is 16.4. The molecule has 1 aliphatic heterocycles. The Hall–Kier alpha value is -3.62. The van der Waals surface area contributed by atoms with Crippen molar-refractivity contribution in [3.63, 3.8) is 0 Å². The topological polar surface area (TPSA) is 171 Å². The zero-order valence-corrected chi connectivity index (χ0v) is 20.7. The molecule has 1 fully saturated rings. The van der Waals surface area contributed by atoms with Crippen LogP contribution in [0.1, 0.15) is 26.5 Å². The summed E-state index contributed by atoms with van der Waals surface area (Å²) < 4.78 is 36.0. The van der Waals surface area contributed by atoms with Gasteiger partial charge in [-0.25, -0.2) is 14.0 Å². The van der Waals surface area contributed by atoms with Crippen LogP contribution in [-0.2, 0) is 29.0 Å². The van der Waals surface area contributed by atoms with E-state index in [4.69, 9.17) is 24.3 Å². The first-order valence-electron chi connectivity index (χ1n) is 11.0. The SMILES string of the molecule is CC(C)C(=O)O[C@@H]1[C@@H](CO[P+](=O)Oc2ccccc2)O[C@@](C#N)(c2ccc3c(N)ncnn23)[C@]1(C)O. The number of carbonyl (C=O) groups is 1. The minimum atomic E-state index is -2.65. The Kier molecular flexibility index (Phi) is 6.93. The highest BCUT2D eigenvalue weighted by molar-refractivity contribution is 7.33. The van der Waals surface area contributed by atoms with Gasteiger partial charge in [0.1, 0.15) is 36.2 Å². The second-order valence-corrected chi connectivity index (χ2v) is 9.58. The van der Waals surface area contributed by atoms with E-state index in [1.165, 1.54) is 23.8 Å². The largest absolute Gasteiger partial charge is 0.750 e. The van der Waals surface area contributed by atoms with Gasteiger partial charge in [-0.3, -0.25) is 4.79 Å². The lowest BCUT2D eigenvalue weighted by Crippen LogP contribution is -2.54. The van der Waals surface area contributed by atoms with Crippen molar-refractivity contribution in [2.75, 3.05) is 12.3 Å². The number of nitriles is 1. The van der Waals surface area contributed by atoms with E-state index in [0.29, 0.717) is 11.3 Å². The first-order valence-corrected chi connectivity index (χ1v) is 12.1. The Balaban J connectivity index is 1.68. The summed E-state index contributed by atoms with van der Waals surface area (Å²) in [6.45, 7) is 4.15. The van der Waals surface area contributed by atoms with E-state index in [9.17, 15) is 19.7 Å². The van der Waals surface area contributed by atoms with E-state index in [1.807, 2.05) is 6.07 Å². The summed E-state index contributed by atoms with van der Waals surface area (Å²) in [5.41, 5.74) is 2.30.